The SMILES string of the molecule is CCCC(CS)(CCC)CSc1ccc(C)cc1C. The third kappa shape index (κ3) is 5.07. The van der Waals surface area contributed by atoms with E-state index in [9.17, 15) is 0 Å². The van der Waals surface area contributed by atoms with Gasteiger partial charge in [0.2, 0.25) is 0 Å². The zero-order valence-corrected chi connectivity index (χ0v) is 14.5. The van der Waals surface area contributed by atoms with Crippen molar-refractivity contribution in [3.63, 3.8) is 0 Å². The molecule has 0 aliphatic carbocycles. The van der Waals surface area contributed by atoms with Gasteiger partial charge in [-0.1, -0.05) is 44.4 Å². The van der Waals surface area contributed by atoms with Crippen LogP contribution in [0.25, 0.3) is 0 Å². The second-order valence-corrected chi connectivity index (χ2v) is 7.05. The summed E-state index contributed by atoms with van der Waals surface area (Å²) in [5, 5.41) is 0. The van der Waals surface area contributed by atoms with Crippen LogP contribution in [-0.4, -0.2) is 11.5 Å². The molecule has 0 atom stereocenters. The Morgan fingerprint density at radius 3 is 2.21 bits per heavy atom. The zero-order chi connectivity index (χ0) is 14.3. The lowest BCUT2D eigenvalue weighted by Crippen LogP contribution is -2.26. The smallest absolute Gasteiger partial charge is 0.0102 e. The third-order valence-corrected chi connectivity index (χ3v) is 5.96. The number of benzene rings is 1. The highest BCUT2D eigenvalue weighted by atomic mass is 32.2. The first-order valence-electron chi connectivity index (χ1n) is 7.38. The first-order chi connectivity index (χ1) is 9.06. The first kappa shape index (κ1) is 17.0. The van der Waals surface area contributed by atoms with Gasteiger partial charge >= 0.3 is 0 Å². The van der Waals surface area contributed by atoms with Gasteiger partial charge in [-0.3, -0.25) is 0 Å². The minimum absolute atomic E-state index is 0.411. The molecule has 0 saturated heterocycles. The molecule has 0 fully saturated rings. The Kier molecular flexibility index (Phi) is 7.38. The molecule has 0 aromatic heterocycles. The summed E-state index contributed by atoms with van der Waals surface area (Å²) in [6.45, 7) is 8.95. The monoisotopic (exact) mass is 296 g/mol. The van der Waals surface area contributed by atoms with Crippen molar-refractivity contribution in [1.29, 1.82) is 0 Å². The van der Waals surface area contributed by atoms with Crippen LogP contribution in [0.3, 0.4) is 0 Å². The van der Waals surface area contributed by atoms with Crippen LogP contribution in [0.1, 0.15) is 50.7 Å². The van der Waals surface area contributed by atoms with Crippen LogP contribution in [0.15, 0.2) is 23.1 Å². The van der Waals surface area contributed by atoms with E-state index in [1.54, 1.807) is 0 Å². The first-order valence-corrected chi connectivity index (χ1v) is 8.99. The summed E-state index contributed by atoms with van der Waals surface area (Å²) >= 11 is 6.66. The average Bonchev–Trinajstić information content (AvgIpc) is 2.38. The average molecular weight is 297 g/mol. The molecule has 19 heavy (non-hydrogen) atoms. The molecule has 1 rings (SSSR count). The van der Waals surface area contributed by atoms with Crippen molar-refractivity contribution in [3.05, 3.63) is 29.3 Å². The molecule has 0 radical (unpaired) electrons. The maximum atomic E-state index is 4.64. The summed E-state index contributed by atoms with van der Waals surface area (Å²) in [7, 11) is 0. The number of aryl methyl sites for hydroxylation is 2. The van der Waals surface area contributed by atoms with Crippen LogP contribution in [0.2, 0.25) is 0 Å². The van der Waals surface area contributed by atoms with E-state index in [4.69, 9.17) is 0 Å². The van der Waals surface area contributed by atoms with Crippen LogP contribution < -0.4 is 0 Å². The molecule has 0 nitrogen and oxygen atoms in total. The topological polar surface area (TPSA) is 0 Å². The Balaban J connectivity index is 2.74. The van der Waals surface area contributed by atoms with Gasteiger partial charge in [0.05, 0.1) is 0 Å². The highest BCUT2D eigenvalue weighted by Gasteiger charge is 2.27. The lowest BCUT2D eigenvalue weighted by molar-refractivity contribution is 0.318. The van der Waals surface area contributed by atoms with Crippen molar-refractivity contribution in [1.82, 2.24) is 0 Å². The van der Waals surface area contributed by atoms with Crippen molar-refractivity contribution in [2.24, 2.45) is 5.41 Å². The second kappa shape index (κ2) is 8.26. The van der Waals surface area contributed by atoms with Crippen molar-refractivity contribution >= 4 is 24.4 Å². The summed E-state index contributed by atoms with van der Waals surface area (Å²) in [4.78, 5) is 1.43. The van der Waals surface area contributed by atoms with Crippen molar-refractivity contribution < 1.29 is 0 Å². The molecule has 0 spiro atoms. The lowest BCUT2D eigenvalue weighted by Gasteiger charge is -2.32. The molecule has 0 N–H and O–H groups in total. The minimum atomic E-state index is 0.411. The van der Waals surface area contributed by atoms with E-state index >= 15 is 0 Å². The number of rotatable bonds is 8. The van der Waals surface area contributed by atoms with Gasteiger partial charge in [0, 0.05) is 10.6 Å². The zero-order valence-electron chi connectivity index (χ0n) is 12.8. The van der Waals surface area contributed by atoms with Gasteiger partial charge in [0.15, 0.2) is 0 Å². The molecule has 1 aromatic rings. The fourth-order valence-corrected chi connectivity index (χ4v) is 4.61. The van der Waals surface area contributed by atoms with Crippen LogP contribution in [0.5, 0.6) is 0 Å². The highest BCUT2D eigenvalue weighted by Crippen LogP contribution is 2.38. The predicted molar refractivity (Wildman–Crippen MR) is 92.7 cm³/mol. The van der Waals surface area contributed by atoms with Gasteiger partial charge in [-0.25, -0.2) is 0 Å². The molecule has 0 aliphatic rings. The maximum Gasteiger partial charge on any atom is 0.0102 e. The molecule has 0 amide bonds. The molecular weight excluding hydrogens is 268 g/mol. The third-order valence-electron chi connectivity index (χ3n) is 3.76. The standard InChI is InChI=1S/C17H28S2/c1-5-9-17(12-18,10-6-2)13-19-16-8-7-14(3)11-15(16)4/h7-8,11,18H,5-6,9-10,12-13H2,1-4H3. The van der Waals surface area contributed by atoms with E-state index in [-0.39, 0.29) is 0 Å². The number of thiol groups is 1. The molecule has 0 aliphatic heterocycles. The van der Waals surface area contributed by atoms with Gasteiger partial charge in [0.25, 0.3) is 0 Å². The van der Waals surface area contributed by atoms with E-state index in [0.29, 0.717) is 5.41 Å². The van der Waals surface area contributed by atoms with Crippen molar-refractivity contribution in [2.75, 3.05) is 11.5 Å². The Hall–Kier alpha value is -0.0800. The number of thioether (sulfide) groups is 1. The van der Waals surface area contributed by atoms with Crippen LogP contribution in [0, 0.1) is 19.3 Å². The van der Waals surface area contributed by atoms with E-state index in [2.05, 4.69) is 58.5 Å². The van der Waals surface area contributed by atoms with Crippen LogP contribution in [-0.2, 0) is 0 Å². The maximum absolute atomic E-state index is 4.64. The lowest BCUT2D eigenvalue weighted by atomic mass is 9.83. The molecule has 0 bridgehead atoms. The molecular formula is C17H28S2. The summed E-state index contributed by atoms with van der Waals surface area (Å²) in [6.07, 6.45) is 5.10. The predicted octanol–water partition coefficient (Wildman–Crippen LogP) is 5.91. The van der Waals surface area contributed by atoms with Gasteiger partial charge in [-0.05, 0) is 49.5 Å². The summed E-state index contributed by atoms with van der Waals surface area (Å²) in [5.74, 6) is 2.20. The minimum Gasteiger partial charge on any atom is -0.179 e. The highest BCUT2D eigenvalue weighted by molar-refractivity contribution is 7.99. The van der Waals surface area contributed by atoms with E-state index < -0.39 is 0 Å². The van der Waals surface area contributed by atoms with Crippen molar-refractivity contribution in [3.8, 4) is 0 Å². The van der Waals surface area contributed by atoms with Crippen LogP contribution >= 0.6 is 24.4 Å². The summed E-state index contributed by atoms with van der Waals surface area (Å²) in [6, 6.07) is 6.78. The van der Waals surface area contributed by atoms with Gasteiger partial charge in [0.1, 0.15) is 0 Å². The van der Waals surface area contributed by atoms with E-state index in [1.807, 2.05) is 11.8 Å². The fraction of sp³-hybridized carbons (Fsp3) is 0.647. The molecule has 1 aromatic carbocycles. The number of hydrogen-bond acceptors (Lipinski definition) is 2. The Morgan fingerprint density at radius 2 is 1.74 bits per heavy atom. The fourth-order valence-electron chi connectivity index (χ4n) is 2.73. The van der Waals surface area contributed by atoms with E-state index in [0.717, 1.165) is 5.75 Å². The van der Waals surface area contributed by atoms with Crippen LogP contribution in [0.4, 0.5) is 0 Å². The molecule has 0 heterocycles. The van der Waals surface area contributed by atoms with E-state index in [1.165, 1.54) is 47.5 Å². The van der Waals surface area contributed by atoms with Gasteiger partial charge < -0.3 is 0 Å². The number of hydrogen-bond donors (Lipinski definition) is 1. The quantitative estimate of drug-likeness (QED) is 0.459. The van der Waals surface area contributed by atoms with Crippen molar-refractivity contribution in [2.45, 2.75) is 58.3 Å². The largest absolute Gasteiger partial charge is 0.179 e. The normalized spacial score (nSPS) is 11.8. The summed E-state index contributed by atoms with van der Waals surface area (Å²) in [5.41, 5.74) is 3.17. The molecule has 108 valence electrons. The molecule has 2 heteroatoms. The Bertz CT molecular complexity index is 379. The Morgan fingerprint density at radius 1 is 1.11 bits per heavy atom. The Labute approximate surface area is 129 Å². The summed E-state index contributed by atoms with van der Waals surface area (Å²) < 4.78 is 0. The van der Waals surface area contributed by atoms with Gasteiger partial charge in [-0.15, -0.1) is 11.8 Å². The second-order valence-electron chi connectivity index (χ2n) is 5.72. The van der Waals surface area contributed by atoms with Gasteiger partial charge in [-0.2, -0.15) is 12.6 Å². The molecule has 0 unspecified atom stereocenters. The molecule has 0 saturated carbocycles.